The second-order valence-electron chi connectivity index (χ2n) is 9.94. The van der Waals surface area contributed by atoms with Crippen molar-refractivity contribution in [1.29, 1.82) is 0 Å². The Morgan fingerprint density at radius 3 is 2.45 bits per heavy atom. The van der Waals surface area contributed by atoms with Crippen molar-refractivity contribution in [2.24, 2.45) is 22.7 Å². The van der Waals surface area contributed by atoms with Gasteiger partial charge in [0.1, 0.15) is 11.3 Å². The van der Waals surface area contributed by atoms with Gasteiger partial charge in [-0.15, -0.1) is 0 Å². The number of aryl methyl sites for hydroxylation is 2. The molecule has 29 heavy (non-hydrogen) atoms. The van der Waals surface area contributed by atoms with Crippen LogP contribution in [0.2, 0.25) is 0 Å². The first-order valence-corrected chi connectivity index (χ1v) is 11.4. The van der Waals surface area contributed by atoms with Gasteiger partial charge in [0, 0.05) is 18.1 Å². The van der Waals surface area contributed by atoms with E-state index in [0.717, 1.165) is 66.3 Å². The maximum absolute atomic E-state index is 13.4. The molecule has 6 rings (SSSR count). The Morgan fingerprint density at radius 2 is 1.83 bits per heavy atom. The van der Waals surface area contributed by atoms with Gasteiger partial charge in [-0.2, -0.15) is 0 Å². The number of pyridine rings is 1. The van der Waals surface area contributed by atoms with Crippen LogP contribution in [0.3, 0.4) is 0 Å². The fraction of sp³-hybridized carbons (Fsp3) is 0.600. The van der Waals surface area contributed by atoms with Gasteiger partial charge in [0.05, 0.1) is 11.1 Å². The molecule has 0 amide bonds. The predicted molar refractivity (Wildman–Crippen MR) is 118 cm³/mol. The molecular formula is C25H32N2O2. The highest BCUT2D eigenvalue weighted by Crippen LogP contribution is 2.57. The smallest absolute Gasteiger partial charge is 0.263 e. The Kier molecular flexibility index (Phi) is 4.56. The van der Waals surface area contributed by atoms with Crippen molar-refractivity contribution >= 4 is 17.1 Å². The zero-order valence-electron chi connectivity index (χ0n) is 17.7. The van der Waals surface area contributed by atoms with Gasteiger partial charge in [0.2, 0.25) is 0 Å². The molecular weight excluding hydrogens is 360 g/mol. The first-order chi connectivity index (χ1) is 14.0. The second kappa shape index (κ2) is 7.00. The summed E-state index contributed by atoms with van der Waals surface area (Å²) in [6.45, 7) is 4.82. The average molecular weight is 393 g/mol. The summed E-state index contributed by atoms with van der Waals surface area (Å²) >= 11 is 0. The third kappa shape index (κ3) is 3.12. The Hall–Kier alpha value is -2.10. The number of hydrogen-bond acceptors (Lipinski definition) is 3. The monoisotopic (exact) mass is 392 g/mol. The van der Waals surface area contributed by atoms with Gasteiger partial charge < -0.3 is 9.67 Å². The third-order valence-electron chi connectivity index (χ3n) is 7.70. The van der Waals surface area contributed by atoms with Crippen LogP contribution in [0.1, 0.15) is 69.4 Å². The molecule has 154 valence electrons. The zero-order chi connectivity index (χ0) is 20.2. The van der Waals surface area contributed by atoms with Crippen LogP contribution in [0, 0.1) is 24.7 Å². The molecule has 1 N–H and O–H groups in total. The Labute approximate surface area is 172 Å². The number of aromatic hydroxyl groups is 1. The molecule has 1 heterocycles. The Bertz CT molecular complexity index is 998. The van der Waals surface area contributed by atoms with E-state index in [2.05, 4.69) is 6.92 Å². The Morgan fingerprint density at radius 1 is 1.17 bits per heavy atom. The fourth-order valence-electron chi connectivity index (χ4n) is 6.77. The third-order valence-corrected chi connectivity index (χ3v) is 7.70. The quantitative estimate of drug-likeness (QED) is 0.711. The first kappa shape index (κ1) is 18.9. The van der Waals surface area contributed by atoms with E-state index < -0.39 is 0 Å². The minimum absolute atomic E-state index is 0.00341. The summed E-state index contributed by atoms with van der Waals surface area (Å²) in [6, 6.07) is 5.88. The largest absolute Gasteiger partial charge is 0.506 e. The van der Waals surface area contributed by atoms with Crippen molar-refractivity contribution in [2.75, 3.05) is 0 Å². The standard InChI is InChI=1S/C25H32N2O2/c1-3-4-8-27-22-16(2)6-5-7-20(22)23(28)21(24(27)29)15-26-25-12-17-9-18(13-25)11-19(10-17)14-25/h5-7,15,17-19,28H,3-4,8-14H2,1-2H3. The van der Waals surface area contributed by atoms with Crippen molar-refractivity contribution in [1.82, 2.24) is 4.57 Å². The van der Waals surface area contributed by atoms with Crippen LogP contribution in [0.15, 0.2) is 28.0 Å². The van der Waals surface area contributed by atoms with Crippen LogP contribution in [0.5, 0.6) is 5.75 Å². The van der Waals surface area contributed by atoms with Crippen molar-refractivity contribution in [3.63, 3.8) is 0 Å². The van der Waals surface area contributed by atoms with Gasteiger partial charge in [-0.25, -0.2) is 0 Å². The van der Waals surface area contributed by atoms with Crippen LogP contribution in [0.4, 0.5) is 0 Å². The lowest BCUT2D eigenvalue weighted by atomic mass is 9.53. The molecule has 0 saturated heterocycles. The number of unbranched alkanes of at least 4 members (excludes halogenated alkanes) is 1. The molecule has 4 aliphatic carbocycles. The van der Waals surface area contributed by atoms with Gasteiger partial charge in [0.15, 0.2) is 0 Å². The Balaban J connectivity index is 1.60. The van der Waals surface area contributed by atoms with Gasteiger partial charge >= 0.3 is 0 Å². The molecule has 4 bridgehead atoms. The van der Waals surface area contributed by atoms with Gasteiger partial charge in [0.25, 0.3) is 5.56 Å². The van der Waals surface area contributed by atoms with Gasteiger partial charge in [-0.05, 0) is 81.3 Å². The van der Waals surface area contributed by atoms with Crippen molar-refractivity contribution in [2.45, 2.75) is 77.3 Å². The van der Waals surface area contributed by atoms with Crippen LogP contribution >= 0.6 is 0 Å². The van der Waals surface area contributed by atoms with Gasteiger partial charge in [-0.1, -0.05) is 25.5 Å². The van der Waals surface area contributed by atoms with E-state index in [1.54, 1.807) is 6.21 Å². The summed E-state index contributed by atoms with van der Waals surface area (Å²) in [6.07, 6.45) is 11.3. The SMILES string of the molecule is CCCCn1c(=O)c(C=NC23CC4CC(CC(C4)C2)C3)c(O)c2cccc(C)c21. The normalized spacial score (nSPS) is 30.6. The molecule has 4 nitrogen and oxygen atoms in total. The first-order valence-electron chi connectivity index (χ1n) is 11.4. The minimum Gasteiger partial charge on any atom is -0.506 e. The number of rotatable bonds is 5. The summed E-state index contributed by atoms with van der Waals surface area (Å²) < 4.78 is 1.86. The van der Waals surface area contributed by atoms with E-state index in [9.17, 15) is 9.90 Å². The molecule has 4 aliphatic rings. The summed E-state index contributed by atoms with van der Waals surface area (Å²) in [5.41, 5.74) is 2.15. The molecule has 4 fully saturated rings. The van der Waals surface area contributed by atoms with E-state index >= 15 is 0 Å². The molecule has 4 heteroatoms. The highest BCUT2D eigenvalue weighted by Gasteiger charge is 2.50. The summed E-state index contributed by atoms with van der Waals surface area (Å²) in [5, 5.41) is 11.8. The molecule has 0 aliphatic heterocycles. The highest BCUT2D eigenvalue weighted by atomic mass is 16.3. The van der Waals surface area contributed by atoms with E-state index in [0.29, 0.717) is 12.1 Å². The molecule has 4 saturated carbocycles. The molecule has 1 aromatic carbocycles. The van der Waals surface area contributed by atoms with E-state index in [4.69, 9.17) is 4.99 Å². The lowest BCUT2D eigenvalue weighted by Crippen LogP contribution is -2.49. The number of nitrogens with zero attached hydrogens (tertiary/aromatic N) is 2. The van der Waals surface area contributed by atoms with E-state index in [1.807, 2.05) is 29.7 Å². The van der Waals surface area contributed by atoms with E-state index in [-0.39, 0.29) is 16.8 Å². The second-order valence-corrected chi connectivity index (χ2v) is 9.94. The number of para-hydroxylation sites is 1. The number of fused-ring (bicyclic) bond motifs is 1. The van der Waals surface area contributed by atoms with Crippen LogP contribution in [-0.2, 0) is 6.54 Å². The summed E-state index contributed by atoms with van der Waals surface area (Å²) in [5.74, 6) is 2.53. The number of aromatic nitrogens is 1. The van der Waals surface area contributed by atoms with Crippen molar-refractivity contribution in [3.05, 3.63) is 39.7 Å². The lowest BCUT2D eigenvalue weighted by Gasteiger charge is -2.54. The van der Waals surface area contributed by atoms with Crippen molar-refractivity contribution < 1.29 is 5.11 Å². The predicted octanol–water partition coefficient (Wildman–Crippen LogP) is 5.20. The summed E-state index contributed by atoms with van der Waals surface area (Å²) in [7, 11) is 0. The average Bonchev–Trinajstić information content (AvgIpc) is 2.67. The molecule has 2 aromatic rings. The molecule has 0 atom stereocenters. The van der Waals surface area contributed by atoms with Crippen molar-refractivity contribution in [3.8, 4) is 5.75 Å². The molecule has 0 unspecified atom stereocenters. The molecule has 0 spiro atoms. The minimum atomic E-state index is -0.105. The number of benzene rings is 1. The van der Waals surface area contributed by atoms with E-state index in [1.165, 1.54) is 19.3 Å². The number of aliphatic imine (C=N–C) groups is 1. The highest BCUT2D eigenvalue weighted by molar-refractivity contribution is 5.96. The van der Waals surface area contributed by atoms with Crippen LogP contribution in [0.25, 0.3) is 10.9 Å². The fourth-order valence-corrected chi connectivity index (χ4v) is 6.77. The van der Waals surface area contributed by atoms with Crippen LogP contribution in [-0.4, -0.2) is 21.4 Å². The number of hydrogen-bond donors (Lipinski definition) is 1. The molecule has 1 aromatic heterocycles. The zero-order valence-corrected chi connectivity index (χ0v) is 17.7. The van der Waals surface area contributed by atoms with Crippen LogP contribution < -0.4 is 5.56 Å². The summed E-state index contributed by atoms with van der Waals surface area (Å²) in [4.78, 5) is 18.5. The van der Waals surface area contributed by atoms with Gasteiger partial charge in [-0.3, -0.25) is 9.79 Å². The lowest BCUT2D eigenvalue weighted by molar-refractivity contribution is 0.00194. The maximum atomic E-state index is 13.4. The topological polar surface area (TPSA) is 54.6 Å². The molecule has 0 radical (unpaired) electrons. The maximum Gasteiger partial charge on any atom is 0.263 e.